The van der Waals surface area contributed by atoms with Crippen LogP contribution in [0.15, 0.2) is 24.3 Å². The molecule has 2 rings (SSSR count). The summed E-state index contributed by atoms with van der Waals surface area (Å²) >= 11 is 0. The molecule has 0 amide bonds. The molecule has 0 radical (unpaired) electrons. The molecule has 0 N–H and O–H groups in total. The highest BCUT2D eigenvalue weighted by Gasteiger charge is 2.28. The minimum absolute atomic E-state index is 0.205. The Balaban J connectivity index is 1.80. The van der Waals surface area contributed by atoms with Crippen molar-refractivity contribution in [3.63, 3.8) is 0 Å². The van der Waals surface area contributed by atoms with Gasteiger partial charge in [0.25, 0.3) is 0 Å². The minimum atomic E-state index is -0.404. The number of ether oxygens (including phenoxy) is 3. The molecule has 1 fully saturated rings. The van der Waals surface area contributed by atoms with Crippen molar-refractivity contribution in [2.24, 2.45) is 5.92 Å². The molecule has 1 aliphatic heterocycles. The number of unbranched alkanes of at least 4 members (excludes halogenated alkanes) is 1. The molecule has 0 aromatic heterocycles. The van der Waals surface area contributed by atoms with E-state index in [1.165, 1.54) is 0 Å². The Morgan fingerprint density at radius 2 is 2.00 bits per heavy atom. The number of carbonyl (C=O) groups is 1. The Labute approximate surface area is 124 Å². The van der Waals surface area contributed by atoms with Gasteiger partial charge in [-0.05, 0) is 37.1 Å². The molecule has 1 heterocycles. The van der Waals surface area contributed by atoms with Gasteiger partial charge in [-0.1, -0.05) is 13.3 Å². The van der Waals surface area contributed by atoms with E-state index in [0.29, 0.717) is 24.5 Å². The van der Waals surface area contributed by atoms with Crippen molar-refractivity contribution >= 4 is 5.97 Å². The van der Waals surface area contributed by atoms with Gasteiger partial charge >= 0.3 is 5.97 Å². The zero-order valence-corrected chi connectivity index (χ0v) is 12.1. The van der Waals surface area contributed by atoms with E-state index >= 15 is 0 Å². The highest BCUT2D eigenvalue weighted by molar-refractivity contribution is 5.75. The first-order chi connectivity index (χ1) is 10.2. The van der Waals surface area contributed by atoms with Crippen molar-refractivity contribution in [3.05, 3.63) is 29.8 Å². The van der Waals surface area contributed by atoms with Crippen molar-refractivity contribution in [2.45, 2.75) is 32.5 Å². The van der Waals surface area contributed by atoms with Gasteiger partial charge in [-0.3, -0.25) is 4.79 Å². The first-order valence-corrected chi connectivity index (χ1v) is 7.18. The van der Waals surface area contributed by atoms with Crippen LogP contribution in [0.2, 0.25) is 0 Å². The third-order valence-electron chi connectivity index (χ3n) is 3.30. The molecule has 0 atom stereocenters. The number of nitrogens with zero attached hydrogens (tertiary/aromatic N) is 1. The number of nitriles is 1. The Bertz CT molecular complexity index is 498. The van der Waals surface area contributed by atoms with Gasteiger partial charge in [0.2, 0.25) is 0 Å². The number of hydrogen-bond donors (Lipinski definition) is 0. The van der Waals surface area contributed by atoms with Crippen LogP contribution in [0.1, 0.15) is 31.7 Å². The average molecular weight is 289 g/mol. The lowest BCUT2D eigenvalue weighted by Gasteiger charge is -2.28. The van der Waals surface area contributed by atoms with Gasteiger partial charge in [0.15, 0.2) is 6.29 Å². The maximum Gasteiger partial charge on any atom is 0.319 e. The smallest absolute Gasteiger partial charge is 0.319 e. The van der Waals surface area contributed by atoms with Gasteiger partial charge in [0.05, 0.1) is 24.8 Å². The molecule has 0 aliphatic carbocycles. The van der Waals surface area contributed by atoms with Crippen molar-refractivity contribution in [3.8, 4) is 11.8 Å². The summed E-state index contributed by atoms with van der Waals surface area (Å²) in [5, 5.41) is 8.71. The summed E-state index contributed by atoms with van der Waals surface area (Å²) in [5.41, 5.74) is 0.526. The third kappa shape index (κ3) is 4.55. The fraction of sp³-hybridized carbons (Fsp3) is 0.500. The van der Waals surface area contributed by atoms with E-state index < -0.39 is 5.92 Å². The van der Waals surface area contributed by atoms with Crippen LogP contribution < -0.4 is 4.74 Å². The molecular weight excluding hydrogens is 270 g/mol. The van der Waals surface area contributed by atoms with Gasteiger partial charge in [-0.2, -0.15) is 5.26 Å². The summed E-state index contributed by atoms with van der Waals surface area (Å²) in [5.74, 6) is -0.348. The van der Waals surface area contributed by atoms with Crippen LogP contribution >= 0.6 is 0 Å². The van der Waals surface area contributed by atoms with Gasteiger partial charge < -0.3 is 14.2 Å². The van der Waals surface area contributed by atoms with E-state index in [2.05, 4.69) is 6.92 Å². The largest absolute Gasteiger partial charge is 0.426 e. The Kier molecular flexibility index (Phi) is 5.73. The molecule has 21 heavy (non-hydrogen) atoms. The Hall–Kier alpha value is -1.90. The van der Waals surface area contributed by atoms with Crippen molar-refractivity contribution in [2.75, 3.05) is 13.2 Å². The molecule has 1 aromatic rings. The summed E-state index contributed by atoms with van der Waals surface area (Å²) in [6.45, 7) is 2.76. The van der Waals surface area contributed by atoms with Gasteiger partial charge in [-0.15, -0.1) is 0 Å². The number of benzene rings is 1. The maximum absolute atomic E-state index is 12.0. The second-order valence-corrected chi connectivity index (χ2v) is 4.99. The van der Waals surface area contributed by atoms with E-state index in [-0.39, 0.29) is 12.3 Å². The molecule has 112 valence electrons. The van der Waals surface area contributed by atoms with Crippen molar-refractivity contribution < 1.29 is 19.0 Å². The summed E-state index contributed by atoms with van der Waals surface area (Å²) in [6, 6.07) is 8.43. The molecular formula is C16H19NO4. The summed E-state index contributed by atoms with van der Waals surface area (Å²) < 4.78 is 16.3. The molecule has 0 unspecified atom stereocenters. The fourth-order valence-electron chi connectivity index (χ4n) is 2.01. The summed E-state index contributed by atoms with van der Waals surface area (Å²) in [7, 11) is 0. The highest BCUT2D eigenvalue weighted by Crippen LogP contribution is 2.19. The number of hydrogen-bond acceptors (Lipinski definition) is 5. The van der Waals surface area contributed by atoms with Crippen LogP contribution in [0.4, 0.5) is 0 Å². The quantitative estimate of drug-likeness (QED) is 0.615. The number of carbonyl (C=O) groups excluding carboxylic acids is 1. The van der Waals surface area contributed by atoms with E-state index in [4.69, 9.17) is 19.5 Å². The van der Waals surface area contributed by atoms with Crippen molar-refractivity contribution in [1.29, 1.82) is 5.26 Å². The third-order valence-corrected chi connectivity index (χ3v) is 3.30. The first-order valence-electron chi connectivity index (χ1n) is 7.18. The zero-order valence-electron chi connectivity index (χ0n) is 12.1. The number of rotatable bonds is 5. The Morgan fingerprint density at radius 1 is 1.33 bits per heavy atom. The van der Waals surface area contributed by atoms with E-state index in [0.717, 1.165) is 19.3 Å². The molecule has 0 bridgehead atoms. The van der Waals surface area contributed by atoms with Crippen LogP contribution in [-0.4, -0.2) is 25.5 Å². The second-order valence-electron chi connectivity index (χ2n) is 4.99. The second kappa shape index (κ2) is 7.77. The molecule has 5 nitrogen and oxygen atoms in total. The minimum Gasteiger partial charge on any atom is -0.426 e. The molecule has 0 spiro atoms. The van der Waals surface area contributed by atoms with E-state index in [1.54, 1.807) is 24.3 Å². The molecule has 1 aliphatic rings. The lowest BCUT2D eigenvalue weighted by atomic mass is 10.1. The van der Waals surface area contributed by atoms with Crippen LogP contribution in [0.25, 0.3) is 0 Å². The molecule has 0 saturated carbocycles. The summed E-state index contributed by atoms with van der Waals surface area (Å²) in [6.07, 6.45) is 2.79. The molecule has 5 heteroatoms. The molecule has 1 saturated heterocycles. The van der Waals surface area contributed by atoms with E-state index in [9.17, 15) is 4.79 Å². The standard InChI is InChI=1S/C16H19NO4/c1-2-3-4-15-19-10-13(11-20-15)16(18)21-14-7-5-12(9-17)6-8-14/h5-8,13,15H,2-4,10-11H2,1H3/t13-,15-. The monoisotopic (exact) mass is 289 g/mol. The maximum atomic E-state index is 12.0. The van der Waals surface area contributed by atoms with Crippen LogP contribution in [0, 0.1) is 17.2 Å². The lowest BCUT2D eigenvalue weighted by Crippen LogP contribution is -2.38. The topological polar surface area (TPSA) is 68.5 Å². The molecule has 1 aromatic carbocycles. The van der Waals surface area contributed by atoms with Gasteiger partial charge in [0, 0.05) is 0 Å². The van der Waals surface area contributed by atoms with Crippen molar-refractivity contribution in [1.82, 2.24) is 0 Å². The van der Waals surface area contributed by atoms with Crippen LogP contribution in [-0.2, 0) is 14.3 Å². The van der Waals surface area contributed by atoms with E-state index in [1.807, 2.05) is 6.07 Å². The Morgan fingerprint density at radius 3 is 2.57 bits per heavy atom. The number of esters is 1. The first kappa shape index (κ1) is 15.5. The van der Waals surface area contributed by atoms with Crippen LogP contribution in [0.3, 0.4) is 0 Å². The predicted octanol–water partition coefficient (Wildman–Crippen LogP) is 2.64. The predicted molar refractivity (Wildman–Crippen MR) is 75.5 cm³/mol. The van der Waals surface area contributed by atoms with Crippen LogP contribution in [0.5, 0.6) is 5.75 Å². The summed E-state index contributed by atoms with van der Waals surface area (Å²) in [4.78, 5) is 12.0. The lowest BCUT2D eigenvalue weighted by molar-refractivity contribution is -0.208. The van der Waals surface area contributed by atoms with Gasteiger partial charge in [0.1, 0.15) is 11.7 Å². The SMILES string of the molecule is CCCC[C@H]1OC[C@H](C(=O)Oc2ccc(C#N)cc2)CO1. The average Bonchev–Trinajstić information content (AvgIpc) is 2.54. The van der Waals surface area contributed by atoms with Gasteiger partial charge in [-0.25, -0.2) is 0 Å². The highest BCUT2D eigenvalue weighted by atomic mass is 16.7. The fourth-order valence-corrected chi connectivity index (χ4v) is 2.01. The normalized spacial score (nSPS) is 21.5. The zero-order chi connectivity index (χ0) is 15.1.